The van der Waals surface area contributed by atoms with E-state index in [2.05, 4.69) is 26.1 Å². The van der Waals surface area contributed by atoms with Crippen LogP contribution in [0.5, 0.6) is 0 Å². The van der Waals surface area contributed by atoms with Gasteiger partial charge in [-0.05, 0) is 15.9 Å². The zero-order valence-electron chi connectivity index (χ0n) is 11.8. The Morgan fingerprint density at radius 3 is 2.61 bits per heavy atom. The Morgan fingerprint density at radius 1 is 1.48 bits per heavy atom. The minimum absolute atomic E-state index is 0.0137. The summed E-state index contributed by atoms with van der Waals surface area (Å²) in [5.41, 5.74) is -4.00. The van der Waals surface area contributed by atoms with Gasteiger partial charge in [0, 0.05) is 12.6 Å². The van der Waals surface area contributed by atoms with Gasteiger partial charge in [0.2, 0.25) is 11.6 Å². The lowest BCUT2D eigenvalue weighted by atomic mass is 10.1. The molecule has 0 unspecified atom stereocenters. The van der Waals surface area contributed by atoms with Crippen molar-refractivity contribution in [2.45, 2.75) is 38.5 Å². The summed E-state index contributed by atoms with van der Waals surface area (Å²) >= 11 is 3.16. The second-order valence-electron chi connectivity index (χ2n) is 5.18. The molecule has 0 fully saturated rings. The predicted octanol–water partition coefficient (Wildman–Crippen LogP) is 2.09. The molecule has 0 saturated carbocycles. The lowest BCUT2D eigenvalue weighted by Crippen LogP contribution is -2.53. The van der Waals surface area contributed by atoms with E-state index < -0.39 is 42.5 Å². The largest absolute Gasteiger partial charge is 0.364 e. The van der Waals surface area contributed by atoms with Crippen molar-refractivity contribution in [3.63, 3.8) is 0 Å². The molecule has 0 bridgehead atoms. The molecule has 1 N–H and O–H groups in total. The molecular weight excluding hydrogens is 388 g/mol. The van der Waals surface area contributed by atoms with Gasteiger partial charge in [-0.1, -0.05) is 6.92 Å². The first-order chi connectivity index (χ1) is 10.6. The van der Waals surface area contributed by atoms with Crippen LogP contribution in [0.2, 0.25) is 0 Å². The minimum atomic E-state index is -3.43. The highest BCUT2D eigenvalue weighted by Gasteiger charge is 2.53. The molecule has 1 aromatic rings. The highest BCUT2D eigenvalue weighted by atomic mass is 79.9. The number of halogens is 5. The van der Waals surface area contributed by atoms with Gasteiger partial charge in [-0.15, -0.1) is 0 Å². The van der Waals surface area contributed by atoms with E-state index >= 15 is 0 Å². The third-order valence-electron chi connectivity index (χ3n) is 3.33. The smallest absolute Gasteiger partial charge is 0.287 e. The van der Waals surface area contributed by atoms with Crippen molar-refractivity contribution in [3.8, 4) is 0 Å². The summed E-state index contributed by atoms with van der Waals surface area (Å²) in [6.45, 7) is 1.42. The van der Waals surface area contributed by atoms with Crippen LogP contribution in [0.1, 0.15) is 13.3 Å². The standard InChI is InChI=1S/C12H13BrF4N4O2/c1-6(4-20-5-7(13)3-18-20)10(22)21-12(23,11(16)17)2-8(19-21)9(14)15/h3,5-6,9,11,23H,2,4H2,1H3/t6-,12+/m0/s1. The molecule has 2 heterocycles. The van der Waals surface area contributed by atoms with E-state index in [-0.39, 0.29) is 11.6 Å². The number of aromatic nitrogens is 2. The van der Waals surface area contributed by atoms with Gasteiger partial charge in [-0.2, -0.15) is 15.2 Å². The van der Waals surface area contributed by atoms with Crippen molar-refractivity contribution in [2.24, 2.45) is 11.0 Å². The van der Waals surface area contributed by atoms with Crippen LogP contribution >= 0.6 is 15.9 Å². The normalized spacial score (nSPS) is 22.8. The number of amides is 1. The molecule has 6 nitrogen and oxygen atoms in total. The van der Waals surface area contributed by atoms with Gasteiger partial charge >= 0.3 is 0 Å². The van der Waals surface area contributed by atoms with E-state index in [0.29, 0.717) is 4.47 Å². The minimum Gasteiger partial charge on any atom is -0.364 e. The molecule has 0 radical (unpaired) electrons. The monoisotopic (exact) mass is 400 g/mol. The number of hydrogen-bond acceptors (Lipinski definition) is 4. The van der Waals surface area contributed by atoms with Crippen molar-refractivity contribution in [2.75, 3.05) is 0 Å². The average molecular weight is 401 g/mol. The van der Waals surface area contributed by atoms with Crippen LogP contribution in [-0.2, 0) is 11.3 Å². The summed E-state index contributed by atoms with van der Waals surface area (Å²) in [4.78, 5) is 12.3. The molecule has 1 aliphatic heterocycles. The van der Waals surface area contributed by atoms with Crippen molar-refractivity contribution in [3.05, 3.63) is 16.9 Å². The number of hydrazone groups is 1. The lowest BCUT2D eigenvalue weighted by Gasteiger charge is -2.31. The molecular formula is C12H13BrF4N4O2. The topological polar surface area (TPSA) is 70.7 Å². The van der Waals surface area contributed by atoms with E-state index in [1.165, 1.54) is 17.8 Å². The highest BCUT2D eigenvalue weighted by Crippen LogP contribution is 2.34. The van der Waals surface area contributed by atoms with Crippen molar-refractivity contribution >= 4 is 27.5 Å². The maximum absolute atomic E-state index is 13.1. The zero-order chi connectivity index (χ0) is 17.4. The SMILES string of the molecule is C[C@@H](Cn1cc(Br)cn1)C(=O)N1N=C(C(F)F)C[C@@]1(O)C(F)F. The van der Waals surface area contributed by atoms with Gasteiger partial charge in [0.15, 0.2) is 0 Å². The number of carbonyl (C=O) groups excluding carboxylic acids is 1. The third kappa shape index (κ3) is 3.55. The molecule has 11 heteroatoms. The summed E-state index contributed by atoms with van der Waals surface area (Å²) in [7, 11) is 0. The maximum atomic E-state index is 13.1. The van der Waals surface area contributed by atoms with Crippen LogP contribution in [0.25, 0.3) is 0 Å². The molecule has 0 spiro atoms. The highest BCUT2D eigenvalue weighted by molar-refractivity contribution is 9.10. The molecule has 2 rings (SSSR count). The Labute approximate surface area is 136 Å². The molecule has 0 saturated heterocycles. The predicted molar refractivity (Wildman–Crippen MR) is 74.9 cm³/mol. The fraction of sp³-hybridized carbons (Fsp3) is 0.583. The molecule has 0 aliphatic carbocycles. The molecule has 1 aromatic heterocycles. The first-order valence-corrected chi connectivity index (χ1v) is 7.32. The fourth-order valence-corrected chi connectivity index (χ4v) is 2.46. The molecule has 1 aliphatic rings. The molecule has 128 valence electrons. The Kier molecular flexibility index (Phi) is 5.09. The van der Waals surface area contributed by atoms with E-state index in [1.54, 1.807) is 6.20 Å². The Morgan fingerprint density at radius 2 is 2.13 bits per heavy atom. The van der Waals surface area contributed by atoms with Gasteiger partial charge in [0.05, 0.1) is 23.1 Å². The Bertz CT molecular complexity index is 624. The van der Waals surface area contributed by atoms with Gasteiger partial charge in [-0.3, -0.25) is 9.48 Å². The van der Waals surface area contributed by atoms with E-state index in [9.17, 15) is 27.5 Å². The summed E-state index contributed by atoms with van der Waals surface area (Å²) in [6, 6.07) is 0. The first kappa shape index (κ1) is 17.9. The molecule has 0 aromatic carbocycles. The van der Waals surface area contributed by atoms with Gasteiger partial charge in [0.25, 0.3) is 12.9 Å². The van der Waals surface area contributed by atoms with Gasteiger partial charge in [0.1, 0.15) is 5.71 Å². The molecule has 2 atom stereocenters. The van der Waals surface area contributed by atoms with Crippen molar-refractivity contribution < 1.29 is 27.5 Å². The first-order valence-electron chi connectivity index (χ1n) is 6.53. The quantitative estimate of drug-likeness (QED) is 0.769. The van der Waals surface area contributed by atoms with Gasteiger partial charge < -0.3 is 5.11 Å². The summed E-state index contributed by atoms with van der Waals surface area (Å²) in [6.07, 6.45) is -4.63. The third-order valence-corrected chi connectivity index (χ3v) is 3.74. The summed E-state index contributed by atoms with van der Waals surface area (Å²) in [5, 5.41) is 17.1. The molecule has 1 amide bonds. The van der Waals surface area contributed by atoms with Gasteiger partial charge in [-0.25, -0.2) is 17.6 Å². The average Bonchev–Trinajstić information content (AvgIpc) is 3.02. The number of aliphatic hydroxyl groups is 1. The summed E-state index contributed by atoms with van der Waals surface area (Å²) < 4.78 is 53.6. The Hall–Kier alpha value is -1.49. The number of alkyl halides is 4. The maximum Gasteiger partial charge on any atom is 0.287 e. The van der Waals surface area contributed by atoms with Crippen molar-refractivity contribution in [1.82, 2.24) is 14.8 Å². The van der Waals surface area contributed by atoms with Crippen LogP contribution in [0.15, 0.2) is 22.0 Å². The number of carbonyl (C=O) groups is 1. The number of hydrogen-bond donors (Lipinski definition) is 1. The zero-order valence-corrected chi connectivity index (χ0v) is 13.4. The van der Waals surface area contributed by atoms with Crippen LogP contribution in [0, 0.1) is 5.92 Å². The van der Waals surface area contributed by atoms with Crippen LogP contribution in [0.4, 0.5) is 17.6 Å². The second-order valence-corrected chi connectivity index (χ2v) is 6.10. The van der Waals surface area contributed by atoms with Crippen LogP contribution in [0.3, 0.4) is 0 Å². The molecule has 23 heavy (non-hydrogen) atoms. The van der Waals surface area contributed by atoms with Crippen LogP contribution < -0.4 is 0 Å². The Balaban J connectivity index is 2.20. The number of nitrogens with zero attached hydrogens (tertiary/aromatic N) is 4. The van der Waals surface area contributed by atoms with E-state index in [4.69, 9.17) is 0 Å². The van der Waals surface area contributed by atoms with E-state index in [0.717, 1.165) is 0 Å². The second kappa shape index (κ2) is 6.56. The van der Waals surface area contributed by atoms with Crippen molar-refractivity contribution in [1.29, 1.82) is 0 Å². The van der Waals surface area contributed by atoms with E-state index in [1.807, 2.05) is 0 Å². The fourth-order valence-electron chi connectivity index (χ4n) is 2.13. The lowest BCUT2D eigenvalue weighted by molar-refractivity contribution is -0.195. The number of rotatable bonds is 5. The van der Waals surface area contributed by atoms with Crippen LogP contribution in [-0.4, -0.2) is 50.1 Å². The summed E-state index contributed by atoms with van der Waals surface area (Å²) in [5.74, 6) is -1.90.